The average Bonchev–Trinajstić information content (AvgIpc) is 3.25. The zero-order valence-corrected chi connectivity index (χ0v) is 14.4. The molecular weight excluding hydrogens is 338 g/mol. The summed E-state index contributed by atoms with van der Waals surface area (Å²) in [6, 6.07) is 12.1. The average molecular weight is 351 g/mol. The number of nitrogens with zero attached hydrogens (tertiary/aromatic N) is 4. The van der Waals surface area contributed by atoms with Crippen LogP contribution in [0.25, 0.3) is 21.8 Å². The molecule has 0 fully saturated rings. The number of nitrogens with one attached hydrogen (secondary N) is 1. The molecule has 0 saturated heterocycles. The van der Waals surface area contributed by atoms with Crippen molar-refractivity contribution < 1.29 is 0 Å². The van der Waals surface area contributed by atoms with Crippen molar-refractivity contribution >= 4 is 33.5 Å². The Bertz CT molecular complexity index is 962. The summed E-state index contributed by atoms with van der Waals surface area (Å²) in [4.78, 5) is 8.88. The molecule has 0 unspecified atom stereocenters. The zero-order valence-electron chi connectivity index (χ0n) is 12.8. The van der Waals surface area contributed by atoms with Crippen LogP contribution >= 0.6 is 22.7 Å². The highest BCUT2D eigenvalue weighted by molar-refractivity contribution is 7.15. The number of thiazole rings is 1. The van der Waals surface area contributed by atoms with Crippen LogP contribution in [0.15, 0.2) is 54.2 Å². The summed E-state index contributed by atoms with van der Waals surface area (Å²) in [6.07, 6.45) is 3.60. The molecule has 4 aromatic rings. The summed E-state index contributed by atoms with van der Waals surface area (Å²) in [6.45, 7) is 1.94. The third-order valence-electron chi connectivity index (χ3n) is 3.35. The third kappa shape index (κ3) is 3.17. The number of anilines is 2. The monoisotopic (exact) mass is 351 g/mol. The van der Waals surface area contributed by atoms with Crippen LogP contribution in [0.2, 0.25) is 0 Å². The summed E-state index contributed by atoms with van der Waals surface area (Å²) in [5.41, 5.74) is 4.02. The van der Waals surface area contributed by atoms with Gasteiger partial charge in [0, 0.05) is 34.6 Å². The second-order valence-corrected chi connectivity index (χ2v) is 7.15. The molecule has 1 N–H and O–H groups in total. The second-order valence-electron chi connectivity index (χ2n) is 5.11. The fourth-order valence-corrected chi connectivity index (χ4v) is 3.69. The Morgan fingerprint density at radius 3 is 2.75 bits per heavy atom. The Morgan fingerprint density at radius 2 is 1.96 bits per heavy atom. The van der Waals surface area contributed by atoms with Gasteiger partial charge in [-0.1, -0.05) is 23.5 Å². The lowest BCUT2D eigenvalue weighted by Gasteiger charge is -2.04. The fourth-order valence-electron chi connectivity index (χ4n) is 2.26. The molecule has 0 amide bonds. The van der Waals surface area contributed by atoms with Gasteiger partial charge in [0.05, 0.1) is 5.69 Å². The number of hydrogen-bond donors (Lipinski definition) is 1. The van der Waals surface area contributed by atoms with E-state index in [9.17, 15) is 0 Å². The quantitative estimate of drug-likeness (QED) is 0.573. The van der Waals surface area contributed by atoms with Crippen LogP contribution in [0.4, 0.5) is 10.8 Å². The molecule has 0 saturated carbocycles. The third-order valence-corrected chi connectivity index (χ3v) is 4.99. The maximum atomic E-state index is 4.73. The number of hydrogen-bond acceptors (Lipinski definition) is 7. The first-order chi connectivity index (χ1) is 11.8. The number of aromatic nitrogens is 4. The second kappa shape index (κ2) is 6.46. The Balaban J connectivity index is 1.61. The van der Waals surface area contributed by atoms with Crippen LogP contribution in [-0.4, -0.2) is 20.2 Å². The van der Waals surface area contributed by atoms with Crippen molar-refractivity contribution in [1.82, 2.24) is 20.2 Å². The van der Waals surface area contributed by atoms with E-state index in [1.54, 1.807) is 17.5 Å². The van der Waals surface area contributed by atoms with Gasteiger partial charge < -0.3 is 5.32 Å². The van der Waals surface area contributed by atoms with Crippen LogP contribution in [-0.2, 0) is 0 Å². The number of benzene rings is 1. The lowest BCUT2D eigenvalue weighted by atomic mass is 10.1. The van der Waals surface area contributed by atoms with Gasteiger partial charge in [-0.15, -0.1) is 21.5 Å². The van der Waals surface area contributed by atoms with E-state index in [-0.39, 0.29) is 0 Å². The van der Waals surface area contributed by atoms with Gasteiger partial charge >= 0.3 is 0 Å². The molecular formula is C17H13N5S2. The first-order valence-electron chi connectivity index (χ1n) is 7.31. The maximum absolute atomic E-state index is 4.73. The van der Waals surface area contributed by atoms with Crippen LogP contribution < -0.4 is 5.32 Å². The minimum Gasteiger partial charge on any atom is -0.330 e. The van der Waals surface area contributed by atoms with Gasteiger partial charge in [0.25, 0.3) is 0 Å². The number of pyridine rings is 1. The van der Waals surface area contributed by atoms with Gasteiger partial charge in [-0.25, -0.2) is 4.98 Å². The lowest BCUT2D eigenvalue weighted by Crippen LogP contribution is -1.90. The van der Waals surface area contributed by atoms with Crippen molar-refractivity contribution in [2.24, 2.45) is 0 Å². The van der Waals surface area contributed by atoms with E-state index in [4.69, 9.17) is 4.98 Å². The van der Waals surface area contributed by atoms with E-state index in [0.29, 0.717) is 0 Å². The Kier molecular flexibility index (Phi) is 4.02. The van der Waals surface area contributed by atoms with Gasteiger partial charge in [-0.3, -0.25) is 4.98 Å². The first kappa shape index (κ1) is 14.9. The molecule has 118 valence electrons. The molecule has 0 atom stereocenters. The van der Waals surface area contributed by atoms with E-state index in [1.807, 2.05) is 37.4 Å². The van der Waals surface area contributed by atoms with Gasteiger partial charge in [-0.05, 0) is 31.2 Å². The highest BCUT2D eigenvalue weighted by atomic mass is 32.1. The van der Waals surface area contributed by atoms with E-state index in [2.05, 4.69) is 38.0 Å². The predicted octanol–water partition coefficient (Wildman–Crippen LogP) is 4.78. The Morgan fingerprint density at radius 1 is 1.04 bits per heavy atom. The molecule has 0 aliphatic rings. The molecule has 0 bridgehead atoms. The molecule has 0 radical (unpaired) electrons. The van der Waals surface area contributed by atoms with Crippen LogP contribution in [0.1, 0.15) is 5.01 Å². The summed E-state index contributed by atoms with van der Waals surface area (Å²) < 4.78 is 0. The SMILES string of the molecule is Cc1nnc(Nc2cccc(-c3csc(-c4cccnc4)n3)c2)s1. The van der Waals surface area contributed by atoms with Crippen LogP contribution in [0.5, 0.6) is 0 Å². The topological polar surface area (TPSA) is 63.6 Å². The largest absolute Gasteiger partial charge is 0.330 e. The van der Waals surface area contributed by atoms with Crippen LogP contribution in [0, 0.1) is 6.92 Å². The molecule has 24 heavy (non-hydrogen) atoms. The minimum atomic E-state index is 0.791. The number of rotatable bonds is 4. The van der Waals surface area contributed by atoms with Gasteiger partial charge in [0.15, 0.2) is 0 Å². The first-order valence-corrected chi connectivity index (χ1v) is 9.01. The molecule has 1 aromatic carbocycles. The summed E-state index contributed by atoms with van der Waals surface area (Å²) >= 11 is 3.15. The summed E-state index contributed by atoms with van der Waals surface area (Å²) in [5, 5.41) is 16.2. The van der Waals surface area contributed by atoms with Crippen molar-refractivity contribution in [2.75, 3.05) is 5.32 Å². The molecule has 0 spiro atoms. The van der Waals surface area contributed by atoms with E-state index in [1.165, 1.54) is 11.3 Å². The van der Waals surface area contributed by atoms with Gasteiger partial charge in [0.2, 0.25) is 5.13 Å². The van der Waals surface area contributed by atoms with Gasteiger partial charge in [-0.2, -0.15) is 0 Å². The zero-order chi connectivity index (χ0) is 16.4. The summed E-state index contributed by atoms with van der Waals surface area (Å²) in [5.74, 6) is 0. The normalized spacial score (nSPS) is 10.7. The smallest absolute Gasteiger partial charge is 0.210 e. The van der Waals surface area contributed by atoms with Gasteiger partial charge in [0.1, 0.15) is 10.0 Å². The minimum absolute atomic E-state index is 0.791. The van der Waals surface area contributed by atoms with E-state index in [0.717, 1.165) is 37.7 Å². The van der Waals surface area contributed by atoms with Crippen LogP contribution in [0.3, 0.4) is 0 Å². The van der Waals surface area contributed by atoms with Crippen molar-refractivity contribution in [3.63, 3.8) is 0 Å². The van der Waals surface area contributed by atoms with Crippen molar-refractivity contribution in [3.05, 3.63) is 59.2 Å². The molecule has 0 aliphatic carbocycles. The highest BCUT2D eigenvalue weighted by Crippen LogP contribution is 2.30. The van der Waals surface area contributed by atoms with Crippen molar-refractivity contribution in [3.8, 4) is 21.8 Å². The molecule has 3 heterocycles. The maximum Gasteiger partial charge on any atom is 0.210 e. The molecule has 0 aliphatic heterocycles. The Labute approximate surface area is 147 Å². The molecule has 3 aromatic heterocycles. The highest BCUT2D eigenvalue weighted by Gasteiger charge is 2.08. The standard InChI is InChI=1S/C17H13N5S2/c1-11-21-22-17(24-11)19-14-6-2-4-12(8-14)15-10-23-16(20-15)13-5-3-7-18-9-13/h2-10H,1H3,(H,19,22). The molecule has 7 heteroatoms. The Hall–Kier alpha value is -2.64. The van der Waals surface area contributed by atoms with Crippen molar-refractivity contribution in [2.45, 2.75) is 6.92 Å². The predicted molar refractivity (Wildman–Crippen MR) is 98.7 cm³/mol. The lowest BCUT2D eigenvalue weighted by molar-refractivity contribution is 1.05. The fraction of sp³-hybridized carbons (Fsp3) is 0.0588. The summed E-state index contributed by atoms with van der Waals surface area (Å²) in [7, 11) is 0. The molecule has 5 nitrogen and oxygen atoms in total. The van der Waals surface area contributed by atoms with E-state index >= 15 is 0 Å². The van der Waals surface area contributed by atoms with Crippen molar-refractivity contribution in [1.29, 1.82) is 0 Å². The van der Waals surface area contributed by atoms with E-state index < -0.39 is 0 Å². The number of aryl methyl sites for hydroxylation is 1. The molecule has 4 rings (SSSR count).